The number of benzene rings is 2. The number of allylic oxidation sites excluding steroid dienone is 1. The van der Waals surface area contributed by atoms with Gasteiger partial charge in [-0.05, 0) is 59.9 Å². The summed E-state index contributed by atoms with van der Waals surface area (Å²) in [5, 5.41) is 1.03. The minimum absolute atomic E-state index is 0.975. The van der Waals surface area contributed by atoms with Crippen LogP contribution in [0.3, 0.4) is 0 Å². The van der Waals surface area contributed by atoms with Crippen molar-refractivity contribution in [2.45, 2.75) is 32.1 Å². The minimum atomic E-state index is 0.975. The van der Waals surface area contributed by atoms with Gasteiger partial charge >= 0.3 is 0 Å². The molecule has 0 saturated carbocycles. The number of rotatable bonds is 2. The Kier molecular flexibility index (Phi) is 2.93. The third-order valence-corrected chi connectivity index (χ3v) is 5.02. The summed E-state index contributed by atoms with van der Waals surface area (Å²) in [6, 6.07) is 15.2. The molecule has 4 rings (SSSR count). The average molecular weight is 281 g/mol. The number of hydrogen-bond acceptors (Lipinski definition) is 0. The van der Waals surface area contributed by atoms with Crippen molar-refractivity contribution in [3.63, 3.8) is 0 Å². The average Bonchev–Trinajstić information content (AvgIpc) is 3.05. The molecule has 0 aromatic heterocycles. The Morgan fingerprint density at radius 2 is 1.70 bits per heavy atom. The van der Waals surface area contributed by atoms with Gasteiger partial charge < -0.3 is 0 Å². The molecule has 0 amide bonds. The van der Waals surface area contributed by atoms with E-state index in [-0.39, 0.29) is 0 Å². The van der Waals surface area contributed by atoms with Gasteiger partial charge in [0.05, 0.1) is 0 Å². The molecule has 2 aromatic rings. The molecule has 2 aliphatic carbocycles. The Labute approximate surface area is 125 Å². The molecule has 2 aliphatic rings. The van der Waals surface area contributed by atoms with Crippen LogP contribution in [-0.2, 0) is 25.7 Å². The molecule has 1 heteroatoms. The van der Waals surface area contributed by atoms with E-state index in [9.17, 15) is 0 Å². The summed E-state index contributed by atoms with van der Waals surface area (Å²) in [4.78, 5) is 0. The van der Waals surface area contributed by atoms with E-state index >= 15 is 0 Å². The number of fused-ring (bicyclic) bond motifs is 3. The van der Waals surface area contributed by atoms with Crippen LogP contribution in [-0.4, -0.2) is 0 Å². The highest BCUT2D eigenvalue weighted by atomic mass is 35.5. The Morgan fingerprint density at radius 1 is 0.900 bits per heavy atom. The highest BCUT2D eigenvalue weighted by Crippen LogP contribution is 2.42. The molecule has 0 spiro atoms. The van der Waals surface area contributed by atoms with Crippen molar-refractivity contribution in [1.29, 1.82) is 0 Å². The van der Waals surface area contributed by atoms with Crippen LogP contribution in [0.1, 0.15) is 34.2 Å². The second-order valence-electron chi connectivity index (χ2n) is 5.85. The highest BCUT2D eigenvalue weighted by molar-refractivity contribution is 6.50. The molecule has 0 heterocycles. The molecule has 0 nitrogen and oxygen atoms in total. The molecule has 0 aliphatic heterocycles. The van der Waals surface area contributed by atoms with Crippen molar-refractivity contribution in [2.75, 3.05) is 0 Å². The second kappa shape index (κ2) is 4.79. The first-order valence-electron chi connectivity index (χ1n) is 7.38. The monoisotopic (exact) mass is 280 g/mol. The van der Waals surface area contributed by atoms with E-state index < -0.39 is 0 Å². The fourth-order valence-electron chi connectivity index (χ4n) is 3.60. The quantitative estimate of drug-likeness (QED) is 0.732. The smallest absolute Gasteiger partial charge is 0.0482 e. The van der Waals surface area contributed by atoms with Crippen LogP contribution >= 0.6 is 11.6 Å². The van der Waals surface area contributed by atoms with Crippen LogP contribution in [0.15, 0.2) is 48.0 Å². The molecule has 0 bridgehead atoms. The first-order valence-corrected chi connectivity index (χ1v) is 7.76. The topological polar surface area (TPSA) is 0 Å². The maximum Gasteiger partial charge on any atom is 0.0482 e. The van der Waals surface area contributed by atoms with E-state index in [1.165, 1.54) is 52.7 Å². The number of aryl methyl sites for hydroxylation is 1. The lowest BCUT2D eigenvalue weighted by molar-refractivity contribution is 0.911. The Bertz CT molecular complexity index is 695. The molecular formula is C19H17Cl. The summed E-state index contributed by atoms with van der Waals surface area (Å²) in [6.45, 7) is 0. The fraction of sp³-hybridized carbons (Fsp3) is 0.263. The summed E-state index contributed by atoms with van der Waals surface area (Å²) in [7, 11) is 0. The first kappa shape index (κ1) is 12.2. The van der Waals surface area contributed by atoms with E-state index in [1.54, 1.807) is 0 Å². The lowest BCUT2D eigenvalue weighted by Gasteiger charge is -2.07. The van der Waals surface area contributed by atoms with Crippen molar-refractivity contribution in [3.8, 4) is 0 Å². The highest BCUT2D eigenvalue weighted by Gasteiger charge is 2.26. The molecule has 0 N–H and O–H groups in total. The lowest BCUT2D eigenvalue weighted by Crippen LogP contribution is -1.92. The molecule has 0 radical (unpaired) electrons. The maximum atomic E-state index is 6.72. The zero-order chi connectivity index (χ0) is 13.5. The summed E-state index contributed by atoms with van der Waals surface area (Å²) < 4.78 is 0. The normalized spacial score (nSPS) is 16.4. The van der Waals surface area contributed by atoms with Crippen LogP contribution < -0.4 is 0 Å². The largest absolute Gasteiger partial charge is 0.0837 e. The van der Waals surface area contributed by atoms with Crippen LogP contribution in [0.25, 0.3) is 5.03 Å². The molecular weight excluding hydrogens is 264 g/mol. The second-order valence-corrected chi connectivity index (χ2v) is 6.23. The third kappa shape index (κ3) is 1.91. The van der Waals surface area contributed by atoms with Gasteiger partial charge in [-0.15, -0.1) is 0 Å². The zero-order valence-electron chi connectivity index (χ0n) is 11.5. The number of halogens is 1. The van der Waals surface area contributed by atoms with Gasteiger partial charge in [-0.25, -0.2) is 0 Å². The summed E-state index contributed by atoms with van der Waals surface area (Å²) in [5.74, 6) is 0. The first-order chi connectivity index (χ1) is 9.83. The van der Waals surface area contributed by atoms with Gasteiger partial charge in [-0.1, -0.05) is 54.1 Å². The van der Waals surface area contributed by atoms with E-state index in [0.29, 0.717) is 0 Å². The van der Waals surface area contributed by atoms with Gasteiger partial charge in [0.25, 0.3) is 0 Å². The Balaban J connectivity index is 1.73. The molecule has 0 atom stereocenters. The van der Waals surface area contributed by atoms with E-state index in [4.69, 9.17) is 11.6 Å². The van der Waals surface area contributed by atoms with Crippen molar-refractivity contribution in [2.24, 2.45) is 0 Å². The molecule has 2 aromatic carbocycles. The van der Waals surface area contributed by atoms with Gasteiger partial charge in [0.1, 0.15) is 0 Å². The van der Waals surface area contributed by atoms with Crippen LogP contribution in [0, 0.1) is 0 Å². The standard InChI is InChI=1S/C19H17Cl/c20-19-16(11-13-5-2-1-3-6-13)12-15-10-9-14-7-4-8-17(14)18(15)19/h1-3,5-6,9-10H,4,7-8,11-12H2. The maximum absolute atomic E-state index is 6.72. The molecule has 0 unspecified atom stereocenters. The van der Waals surface area contributed by atoms with Crippen LogP contribution in [0.4, 0.5) is 0 Å². The Morgan fingerprint density at radius 3 is 2.55 bits per heavy atom. The fourth-order valence-corrected chi connectivity index (χ4v) is 3.97. The summed E-state index contributed by atoms with van der Waals surface area (Å²) in [6.07, 6.45) is 5.71. The molecule has 20 heavy (non-hydrogen) atoms. The lowest BCUT2D eigenvalue weighted by atomic mass is 9.99. The predicted molar refractivity (Wildman–Crippen MR) is 85.1 cm³/mol. The third-order valence-electron chi connectivity index (χ3n) is 4.56. The zero-order valence-corrected chi connectivity index (χ0v) is 12.2. The number of hydrogen-bond donors (Lipinski definition) is 0. The van der Waals surface area contributed by atoms with Gasteiger partial charge in [-0.2, -0.15) is 0 Å². The van der Waals surface area contributed by atoms with Crippen molar-refractivity contribution in [3.05, 3.63) is 75.9 Å². The Hall–Kier alpha value is -1.53. The van der Waals surface area contributed by atoms with Crippen LogP contribution in [0.5, 0.6) is 0 Å². The van der Waals surface area contributed by atoms with E-state index in [1.807, 2.05) is 0 Å². The van der Waals surface area contributed by atoms with Gasteiger partial charge in [0.15, 0.2) is 0 Å². The van der Waals surface area contributed by atoms with Crippen molar-refractivity contribution >= 4 is 16.6 Å². The summed E-state index contributed by atoms with van der Waals surface area (Å²) in [5.41, 5.74) is 8.57. The van der Waals surface area contributed by atoms with Crippen molar-refractivity contribution < 1.29 is 0 Å². The summed E-state index contributed by atoms with van der Waals surface area (Å²) >= 11 is 6.72. The van der Waals surface area contributed by atoms with Gasteiger partial charge in [-0.3, -0.25) is 0 Å². The SMILES string of the molecule is ClC1=C(Cc2ccccc2)Cc2ccc3c(c21)CCC3. The molecule has 100 valence electrons. The minimum Gasteiger partial charge on any atom is -0.0837 e. The molecule has 0 saturated heterocycles. The van der Waals surface area contributed by atoms with E-state index in [2.05, 4.69) is 42.5 Å². The molecule has 0 fully saturated rings. The van der Waals surface area contributed by atoms with Gasteiger partial charge in [0.2, 0.25) is 0 Å². The van der Waals surface area contributed by atoms with Crippen molar-refractivity contribution in [1.82, 2.24) is 0 Å². The van der Waals surface area contributed by atoms with E-state index in [0.717, 1.165) is 17.9 Å². The van der Waals surface area contributed by atoms with Gasteiger partial charge in [0, 0.05) is 10.6 Å². The predicted octanol–water partition coefficient (Wildman–Crippen LogP) is 4.92. The van der Waals surface area contributed by atoms with Crippen LogP contribution in [0.2, 0.25) is 0 Å².